The highest BCUT2D eigenvalue weighted by Crippen LogP contribution is 2.29. The van der Waals surface area contributed by atoms with Gasteiger partial charge in [-0.15, -0.1) is 0 Å². The lowest BCUT2D eigenvalue weighted by Crippen LogP contribution is -2.21. The zero-order valence-corrected chi connectivity index (χ0v) is 12.8. The van der Waals surface area contributed by atoms with Gasteiger partial charge in [0.1, 0.15) is 17.3 Å². The second kappa shape index (κ2) is 6.35. The molecule has 3 heteroatoms. The summed E-state index contributed by atoms with van der Waals surface area (Å²) in [6.45, 7) is 5.11. The Labute approximate surface area is 126 Å². The van der Waals surface area contributed by atoms with Crippen LogP contribution in [0.3, 0.4) is 0 Å². The van der Waals surface area contributed by atoms with E-state index in [9.17, 15) is 0 Å². The van der Waals surface area contributed by atoms with Crippen LogP contribution in [0.1, 0.15) is 49.8 Å². The Bertz CT molecular complexity index is 569. The van der Waals surface area contributed by atoms with Crippen molar-refractivity contribution in [1.29, 1.82) is 0 Å². The number of hydrogen-bond donors (Lipinski definition) is 1. The van der Waals surface area contributed by atoms with Crippen molar-refractivity contribution in [2.45, 2.75) is 45.3 Å². The third-order valence-corrected chi connectivity index (χ3v) is 3.76. The Kier molecular flexibility index (Phi) is 4.30. The molecule has 0 radical (unpaired) electrons. The monoisotopic (exact) mass is 285 g/mol. The summed E-state index contributed by atoms with van der Waals surface area (Å²) in [7, 11) is 0. The first-order valence-corrected chi connectivity index (χ1v) is 7.88. The predicted molar refractivity (Wildman–Crippen MR) is 83.7 cm³/mol. The van der Waals surface area contributed by atoms with Crippen LogP contribution in [0.5, 0.6) is 5.75 Å². The van der Waals surface area contributed by atoms with E-state index in [2.05, 4.69) is 55.6 Å². The zero-order chi connectivity index (χ0) is 14.7. The molecule has 0 bridgehead atoms. The molecule has 2 aromatic rings. The third-order valence-electron chi connectivity index (χ3n) is 3.76. The van der Waals surface area contributed by atoms with Crippen LogP contribution in [0.15, 0.2) is 40.8 Å². The molecule has 1 fully saturated rings. The van der Waals surface area contributed by atoms with Crippen molar-refractivity contribution in [2.75, 3.05) is 6.54 Å². The largest absolute Gasteiger partial charge is 0.490 e. The Balaban J connectivity index is 1.78. The van der Waals surface area contributed by atoms with Crippen LogP contribution in [-0.2, 0) is 6.42 Å². The second-order valence-corrected chi connectivity index (χ2v) is 5.53. The first-order valence-electron chi connectivity index (χ1n) is 7.88. The van der Waals surface area contributed by atoms with Crippen LogP contribution in [0.4, 0.5) is 0 Å². The normalized spacial score (nSPS) is 15.9. The molecule has 1 unspecified atom stereocenters. The molecular formula is C18H23NO2. The number of ether oxygens (including phenoxy) is 1. The van der Waals surface area contributed by atoms with E-state index in [-0.39, 0.29) is 6.04 Å². The van der Waals surface area contributed by atoms with Gasteiger partial charge in [-0.1, -0.05) is 26.0 Å². The summed E-state index contributed by atoms with van der Waals surface area (Å²) in [6, 6.07) is 12.6. The van der Waals surface area contributed by atoms with Crippen molar-refractivity contribution in [3.63, 3.8) is 0 Å². The smallest absolute Gasteiger partial charge is 0.125 e. The Hall–Kier alpha value is -1.74. The summed E-state index contributed by atoms with van der Waals surface area (Å²) in [5.41, 5.74) is 1.21. The van der Waals surface area contributed by atoms with Crippen LogP contribution in [-0.4, -0.2) is 12.6 Å². The Morgan fingerprint density at radius 1 is 1.14 bits per heavy atom. The van der Waals surface area contributed by atoms with Crippen LogP contribution in [0.25, 0.3) is 0 Å². The summed E-state index contributed by atoms with van der Waals surface area (Å²) in [5.74, 6) is 2.97. The number of benzene rings is 1. The maximum Gasteiger partial charge on any atom is 0.125 e. The first kappa shape index (κ1) is 14.2. The zero-order valence-electron chi connectivity index (χ0n) is 12.8. The van der Waals surface area contributed by atoms with Crippen LogP contribution < -0.4 is 10.1 Å². The molecule has 1 aliphatic carbocycles. The molecule has 0 aliphatic heterocycles. The summed E-state index contributed by atoms with van der Waals surface area (Å²) >= 11 is 0. The van der Waals surface area contributed by atoms with E-state index in [0.29, 0.717) is 6.10 Å². The molecule has 0 amide bonds. The molecule has 21 heavy (non-hydrogen) atoms. The highest BCUT2D eigenvalue weighted by atomic mass is 16.5. The molecule has 1 aromatic carbocycles. The topological polar surface area (TPSA) is 34.4 Å². The van der Waals surface area contributed by atoms with Gasteiger partial charge in [-0.3, -0.25) is 0 Å². The van der Waals surface area contributed by atoms with E-state index in [1.165, 1.54) is 18.4 Å². The average molecular weight is 285 g/mol. The van der Waals surface area contributed by atoms with E-state index < -0.39 is 0 Å². The van der Waals surface area contributed by atoms with Crippen molar-refractivity contribution in [2.24, 2.45) is 0 Å². The van der Waals surface area contributed by atoms with Gasteiger partial charge in [-0.2, -0.15) is 0 Å². The Morgan fingerprint density at radius 3 is 2.48 bits per heavy atom. The Morgan fingerprint density at radius 2 is 1.90 bits per heavy atom. The van der Waals surface area contributed by atoms with Gasteiger partial charge in [0.2, 0.25) is 0 Å². The lowest BCUT2D eigenvalue weighted by Gasteiger charge is -2.16. The summed E-state index contributed by atoms with van der Waals surface area (Å²) in [6.07, 6.45) is 3.74. The standard InChI is InChI=1S/C18H23NO2/c1-3-14-11-12-17(21-14)18(19-4-2)13-5-7-15(8-6-13)20-16-9-10-16/h5-8,11-12,16,18-19H,3-4,9-10H2,1-2H3. The SMILES string of the molecule is CCNC(c1ccc(OC2CC2)cc1)c1ccc(CC)o1. The van der Waals surface area contributed by atoms with Gasteiger partial charge in [0.05, 0.1) is 12.1 Å². The fourth-order valence-electron chi connectivity index (χ4n) is 2.44. The molecule has 1 N–H and O–H groups in total. The number of aryl methyl sites for hydroxylation is 1. The van der Waals surface area contributed by atoms with Crippen LogP contribution >= 0.6 is 0 Å². The molecule has 1 atom stereocenters. The summed E-state index contributed by atoms with van der Waals surface area (Å²) in [4.78, 5) is 0. The molecule has 1 aliphatic rings. The van der Waals surface area contributed by atoms with E-state index in [1.54, 1.807) is 0 Å². The highest BCUT2D eigenvalue weighted by molar-refractivity contribution is 5.33. The average Bonchev–Trinajstić information content (AvgIpc) is 3.20. The molecule has 1 heterocycles. The lowest BCUT2D eigenvalue weighted by molar-refractivity contribution is 0.303. The van der Waals surface area contributed by atoms with E-state index in [0.717, 1.165) is 30.2 Å². The lowest BCUT2D eigenvalue weighted by atomic mass is 10.0. The minimum Gasteiger partial charge on any atom is -0.490 e. The van der Waals surface area contributed by atoms with E-state index in [4.69, 9.17) is 9.15 Å². The van der Waals surface area contributed by atoms with Gasteiger partial charge in [-0.05, 0) is 49.2 Å². The number of rotatable bonds is 7. The highest BCUT2D eigenvalue weighted by Gasteiger charge is 2.23. The summed E-state index contributed by atoms with van der Waals surface area (Å²) < 4.78 is 11.7. The quantitative estimate of drug-likeness (QED) is 0.832. The van der Waals surface area contributed by atoms with Crippen molar-refractivity contribution in [3.05, 3.63) is 53.5 Å². The first-order chi connectivity index (χ1) is 10.3. The van der Waals surface area contributed by atoms with Crippen molar-refractivity contribution >= 4 is 0 Å². The van der Waals surface area contributed by atoms with E-state index >= 15 is 0 Å². The van der Waals surface area contributed by atoms with Gasteiger partial charge in [0, 0.05) is 6.42 Å². The minimum absolute atomic E-state index is 0.102. The molecular weight excluding hydrogens is 262 g/mol. The van der Waals surface area contributed by atoms with Gasteiger partial charge in [0.25, 0.3) is 0 Å². The maximum absolute atomic E-state index is 5.91. The maximum atomic E-state index is 5.91. The fraction of sp³-hybridized carbons (Fsp3) is 0.444. The van der Waals surface area contributed by atoms with Gasteiger partial charge >= 0.3 is 0 Å². The molecule has 3 rings (SSSR count). The van der Waals surface area contributed by atoms with Gasteiger partial charge in [0.15, 0.2) is 0 Å². The van der Waals surface area contributed by atoms with Gasteiger partial charge < -0.3 is 14.5 Å². The number of nitrogens with one attached hydrogen (secondary N) is 1. The molecule has 0 saturated heterocycles. The molecule has 0 spiro atoms. The van der Waals surface area contributed by atoms with Crippen LogP contribution in [0.2, 0.25) is 0 Å². The van der Waals surface area contributed by atoms with Crippen molar-refractivity contribution in [3.8, 4) is 5.75 Å². The van der Waals surface area contributed by atoms with Crippen molar-refractivity contribution in [1.82, 2.24) is 5.32 Å². The van der Waals surface area contributed by atoms with Crippen molar-refractivity contribution < 1.29 is 9.15 Å². The predicted octanol–water partition coefficient (Wildman–Crippen LogP) is 4.08. The number of hydrogen-bond acceptors (Lipinski definition) is 3. The van der Waals surface area contributed by atoms with Gasteiger partial charge in [-0.25, -0.2) is 0 Å². The minimum atomic E-state index is 0.102. The molecule has 112 valence electrons. The van der Waals surface area contributed by atoms with E-state index in [1.807, 2.05) is 0 Å². The summed E-state index contributed by atoms with van der Waals surface area (Å²) in [5, 5.41) is 3.49. The molecule has 3 nitrogen and oxygen atoms in total. The number of furan rings is 1. The second-order valence-electron chi connectivity index (χ2n) is 5.53. The fourth-order valence-corrected chi connectivity index (χ4v) is 2.44. The van der Waals surface area contributed by atoms with Crippen LogP contribution in [0, 0.1) is 0 Å². The third kappa shape index (κ3) is 3.48. The molecule has 1 saturated carbocycles. The molecule has 1 aromatic heterocycles.